The van der Waals surface area contributed by atoms with Crippen molar-refractivity contribution < 1.29 is 23.2 Å². The van der Waals surface area contributed by atoms with Crippen LogP contribution in [-0.2, 0) is 4.79 Å². The third-order valence-corrected chi connectivity index (χ3v) is 5.39. The molecule has 1 amide bonds. The molecule has 7 nitrogen and oxygen atoms in total. The van der Waals surface area contributed by atoms with Crippen molar-refractivity contribution >= 4 is 5.91 Å². The molecular formula is C22H22FN3O4. The summed E-state index contributed by atoms with van der Waals surface area (Å²) in [6.07, 6.45) is 0.291. The molecule has 2 atom stereocenters. The Kier molecular flexibility index (Phi) is 5.39. The van der Waals surface area contributed by atoms with Crippen molar-refractivity contribution in [1.29, 1.82) is 0 Å². The van der Waals surface area contributed by atoms with Gasteiger partial charge in [0, 0.05) is 24.4 Å². The van der Waals surface area contributed by atoms with E-state index in [4.69, 9.17) is 14.0 Å². The maximum absolute atomic E-state index is 13.5. The van der Waals surface area contributed by atoms with Crippen LogP contribution in [0.3, 0.4) is 0 Å². The van der Waals surface area contributed by atoms with Crippen molar-refractivity contribution in [3.8, 4) is 23.0 Å². The van der Waals surface area contributed by atoms with Crippen LogP contribution >= 0.6 is 0 Å². The summed E-state index contributed by atoms with van der Waals surface area (Å²) in [5.74, 6) is 1.38. The van der Waals surface area contributed by atoms with Gasteiger partial charge in [-0.3, -0.25) is 4.79 Å². The van der Waals surface area contributed by atoms with Gasteiger partial charge in [0.05, 0.1) is 20.3 Å². The minimum Gasteiger partial charge on any atom is -0.493 e. The van der Waals surface area contributed by atoms with Gasteiger partial charge >= 0.3 is 0 Å². The van der Waals surface area contributed by atoms with Crippen LogP contribution in [0.2, 0.25) is 0 Å². The van der Waals surface area contributed by atoms with E-state index in [9.17, 15) is 9.18 Å². The summed E-state index contributed by atoms with van der Waals surface area (Å²) >= 11 is 0. The van der Waals surface area contributed by atoms with E-state index in [1.807, 2.05) is 25.1 Å². The molecule has 2 heterocycles. The molecule has 4 rings (SSSR count). The van der Waals surface area contributed by atoms with Gasteiger partial charge in [0.2, 0.25) is 5.91 Å². The zero-order valence-electron chi connectivity index (χ0n) is 17.0. The molecule has 0 radical (unpaired) electrons. The number of hydrogen-bond acceptors (Lipinski definition) is 6. The number of halogens is 1. The second kappa shape index (κ2) is 8.14. The molecule has 3 aromatic rings. The molecule has 1 aliphatic heterocycles. The highest BCUT2D eigenvalue weighted by molar-refractivity contribution is 5.80. The third kappa shape index (κ3) is 3.72. The Labute approximate surface area is 173 Å². The van der Waals surface area contributed by atoms with E-state index in [-0.39, 0.29) is 29.6 Å². The number of ether oxygens (including phenoxy) is 2. The fourth-order valence-corrected chi connectivity index (χ4v) is 3.71. The number of hydrogen-bond donors (Lipinski definition) is 0. The number of aromatic nitrogens is 2. The summed E-state index contributed by atoms with van der Waals surface area (Å²) in [6.45, 7) is 2.44. The summed E-state index contributed by atoms with van der Waals surface area (Å²) in [7, 11) is 3.16. The highest BCUT2D eigenvalue weighted by Crippen LogP contribution is 2.36. The van der Waals surface area contributed by atoms with Gasteiger partial charge in [-0.25, -0.2) is 4.39 Å². The molecule has 2 aromatic carbocycles. The number of rotatable bonds is 6. The lowest BCUT2D eigenvalue weighted by atomic mass is 10.1. The van der Waals surface area contributed by atoms with E-state index in [0.717, 1.165) is 5.56 Å². The highest BCUT2D eigenvalue weighted by atomic mass is 19.1. The van der Waals surface area contributed by atoms with Crippen molar-refractivity contribution in [1.82, 2.24) is 15.0 Å². The Morgan fingerprint density at radius 1 is 1.17 bits per heavy atom. The SMILES string of the molecule is COc1ccc(C(C)N2CC(c3noc(-c4cccc(F)c4)n3)CC2=O)cc1OC. The van der Waals surface area contributed by atoms with Gasteiger partial charge in [-0.15, -0.1) is 0 Å². The molecule has 30 heavy (non-hydrogen) atoms. The van der Waals surface area contributed by atoms with E-state index in [1.54, 1.807) is 31.3 Å². The van der Waals surface area contributed by atoms with Gasteiger partial charge in [0.15, 0.2) is 17.3 Å². The lowest BCUT2D eigenvalue weighted by Crippen LogP contribution is -2.28. The molecule has 2 unspecified atom stereocenters. The first kappa shape index (κ1) is 19.9. The molecule has 8 heteroatoms. The predicted molar refractivity (Wildman–Crippen MR) is 107 cm³/mol. The van der Waals surface area contributed by atoms with E-state index in [1.165, 1.54) is 12.1 Å². The van der Waals surface area contributed by atoms with Crippen molar-refractivity contribution in [3.05, 3.63) is 59.7 Å². The Bertz CT molecular complexity index is 1070. The van der Waals surface area contributed by atoms with Crippen LogP contribution in [0.5, 0.6) is 11.5 Å². The van der Waals surface area contributed by atoms with E-state index < -0.39 is 0 Å². The van der Waals surface area contributed by atoms with Crippen LogP contribution in [0.25, 0.3) is 11.5 Å². The number of amides is 1. The Hall–Kier alpha value is -3.42. The molecule has 156 valence electrons. The van der Waals surface area contributed by atoms with Crippen LogP contribution in [0, 0.1) is 5.82 Å². The second-order valence-electron chi connectivity index (χ2n) is 7.21. The first-order valence-corrected chi connectivity index (χ1v) is 9.61. The van der Waals surface area contributed by atoms with Gasteiger partial charge in [-0.05, 0) is 42.8 Å². The molecule has 0 bridgehead atoms. The standard InChI is InChI=1S/C22H22FN3O4/c1-13(14-7-8-18(28-2)19(10-14)29-3)26-12-16(11-20(26)27)21-24-22(30-25-21)15-5-4-6-17(23)9-15/h4-10,13,16H,11-12H2,1-3H3. The number of likely N-dealkylation sites (tertiary alicyclic amines) is 1. The minimum atomic E-state index is -0.377. The van der Waals surface area contributed by atoms with Gasteiger partial charge < -0.3 is 18.9 Å². The molecule has 0 aliphatic carbocycles. The van der Waals surface area contributed by atoms with Gasteiger partial charge in [0.25, 0.3) is 5.89 Å². The Balaban J connectivity index is 1.52. The highest BCUT2D eigenvalue weighted by Gasteiger charge is 2.36. The van der Waals surface area contributed by atoms with E-state index in [0.29, 0.717) is 35.9 Å². The maximum Gasteiger partial charge on any atom is 0.258 e. The van der Waals surface area contributed by atoms with Crippen LogP contribution in [-0.4, -0.2) is 41.7 Å². The average Bonchev–Trinajstić information content (AvgIpc) is 3.39. The fourth-order valence-electron chi connectivity index (χ4n) is 3.71. The monoisotopic (exact) mass is 411 g/mol. The summed E-state index contributed by atoms with van der Waals surface area (Å²) < 4.78 is 29.4. The van der Waals surface area contributed by atoms with Gasteiger partial charge in [0.1, 0.15) is 5.82 Å². The number of benzene rings is 2. The summed E-state index contributed by atoms with van der Waals surface area (Å²) in [4.78, 5) is 18.9. The van der Waals surface area contributed by atoms with Crippen molar-refractivity contribution in [3.63, 3.8) is 0 Å². The Morgan fingerprint density at radius 2 is 1.97 bits per heavy atom. The topological polar surface area (TPSA) is 77.7 Å². The largest absolute Gasteiger partial charge is 0.493 e. The lowest BCUT2D eigenvalue weighted by molar-refractivity contribution is -0.129. The lowest BCUT2D eigenvalue weighted by Gasteiger charge is -2.25. The molecule has 0 N–H and O–H groups in total. The molecule has 1 aromatic heterocycles. The molecule has 1 fully saturated rings. The van der Waals surface area contributed by atoms with Crippen molar-refractivity contribution in [2.75, 3.05) is 20.8 Å². The normalized spacial score (nSPS) is 17.3. The quantitative estimate of drug-likeness (QED) is 0.611. The molecule has 1 aliphatic rings. The maximum atomic E-state index is 13.5. The number of methoxy groups -OCH3 is 2. The first-order valence-electron chi connectivity index (χ1n) is 9.61. The number of carbonyl (C=O) groups is 1. The van der Waals surface area contributed by atoms with E-state index >= 15 is 0 Å². The number of nitrogens with zero attached hydrogens (tertiary/aromatic N) is 3. The van der Waals surface area contributed by atoms with Gasteiger partial charge in [-0.2, -0.15) is 4.98 Å². The smallest absolute Gasteiger partial charge is 0.258 e. The molecule has 0 spiro atoms. The molecular weight excluding hydrogens is 389 g/mol. The third-order valence-electron chi connectivity index (χ3n) is 5.39. The molecule has 1 saturated heterocycles. The number of carbonyl (C=O) groups excluding carboxylic acids is 1. The zero-order valence-corrected chi connectivity index (χ0v) is 17.0. The van der Waals surface area contributed by atoms with Crippen molar-refractivity contribution in [2.45, 2.75) is 25.3 Å². The van der Waals surface area contributed by atoms with Crippen LogP contribution in [0.4, 0.5) is 4.39 Å². The molecule has 0 saturated carbocycles. The Morgan fingerprint density at radius 3 is 2.70 bits per heavy atom. The zero-order chi connectivity index (χ0) is 21.3. The van der Waals surface area contributed by atoms with E-state index in [2.05, 4.69) is 10.1 Å². The minimum absolute atomic E-state index is 0.0133. The van der Waals surface area contributed by atoms with Crippen molar-refractivity contribution in [2.24, 2.45) is 0 Å². The fraction of sp³-hybridized carbons (Fsp3) is 0.318. The van der Waals surface area contributed by atoms with Crippen LogP contribution in [0.1, 0.15) is 36.7 Å². The summed E-state index contributed by atoms with van der Waals surface area (Å²) in [5, 5.41) is 4.03. The van der Waals surface area contributed by atoms with Gasteiger partial charge in [-0.1, -0.05) is 17.3 Å². The van der Waals surface area contributed by atoms with Crippen LogP contribution < -0.4 is 9.47 Å². The first-order chi connectivity index (χ1) is 14.5. The summed E-state index contributed by atoms with van der Waals surface area (Å²) in [6, 6.07) is 11.4. The second-order valence-corrected chi connectivity index (χ2v) is 7.21. The predicted octanol–water partition coefficient (Wildman–Crippen LogP) is 3.97. The summed E-state index contributed by atoms with van der Waals surface area (Å²) in [5.41, 5.74) is 1.45. The average molecular weight is 411 g/mol. The van der Waals surface area contributed by atoms with Crippen LogP contribution in [0.15, 0.2) is 47.0 Å².